The van der Waals surface area contributed by atoms with Crippen LogP contribution in [0.1, 0.15) is 46.9 Å². The molecule has 3 amide bonds. The summed E-state index contributed by atoms with van der Waals surface area (Å²) < 4.78 is 41.8. The Labute approximate surface area is 191 Å². The van der Waals surface area contributed by atoms with Crippen molar-refractivity contribution in [2.45, 2.75) is 37.4 Å². The van der Waals surface area contributed by atoms with Crippen molar-refractivity contribution in [1.29, 1.82) is 0 Å². The number of hydrogen-bond donors (Lipinski definition) is 0. The van der Waals surface area contributed by atoms with Crippen LogP contribution in [0.4, 0.5) is 13.2 Å². The normalized spacial score (nSPS) is 22.1. The molecule has 0 spiro atoms. The number of alkyl halides is 3. The van der Waals surface area contributed by atoms with Crippen LogP contribution < -0.4 is 0 Å². The van der Waals surface area contributed by atoms with Gasteiger partial charge in [0.05, 0.1) is 16.6 Å². The van der Waals surface area contributed by atoms with Crippen LogP contribution in [-0.4, -0.2) is 81.3 Å². The summed E-state index contributed by atoms with van der Waals surface area (Å²) >= 11 is 6.35. The zero-order chi connectivity index (χ0) is 23.7. The van der Waals surface area contributed by atoms with Gasteiger partial charge >= 0.3 is 6.18 Å². The van der Waals surface area contributed by atoms with E-state index >= 15 is 0 Å². The molecule has 4 heterocycles. The van der Waals surface area contributed by atoms with E-state index in [1.54, 1.807) is 22.9 Å². The van der Waals surface area contributed by atoms with E-state index in [1.807, 2.05) is 0 Å². The number of likely N-dealkylation sites (tertiary alicyclic amines) is 1. The fourth-order valence-corrected chi connectivity index (χ4v) is 4.83. The van der Waals surface area contributed by atoms with E-state index in [-0.39, 0.29) is 66.1 Å². The lowest BCUT2D eigenvalue weighted by Crippen LogP contribution is -2.56. The quantitative estimate of drug-likeness (QED) is 0.671. The monoisotopic (exact) mass is 483 g/mol. The highest BCUT2D eigenvalue weighted by Crippen LogP contribution is 2.43. The minimum absolute atomic E-state index is 0.0224. The average molecular weight is 484 g/mol. The number of amides is 3. The maximum Gasteiger partial charge on any atom is 0.433 e. The fourth-order valence-electron chi connectivity index (χ4n) is 4.57. The predicted molar refractivity (Wildman–Crippen MR) is 111 cm³/mol. The van der Waals surface area contributed by atoms with Gasteiger partial charge in [0.2, 0.25) is 11.8 Å². The molecule has 2 aromatic rings. The third-order valence-electron chi connectivity index (χ3n) is 6.54. The van der Waals surface area contributed by atoms with Gasteiger partial charge in [-0.3, -0.25) is 14.4 Å². The molecule has 176 valence electrons. The van der Waals surface area contributed by atoms with Crippen molar-refractivity contribution in [2.75, 3.05) is 33.2 Å². The van der Waals surface area contributed by atoms with Crippen molar-refractivity contribution in [3.8, 4) is 0 Å². The molecule has 1 saturated carbocycles. The van der Waals surface area contributed by atoms with Crippen molar-refractivity contribution < 1.29 is 27.6 Å². The van der Waals surface area contributed by atoms with Crippen molar-refractivity contribution >= 4 is 34.8 Å². The fraction of sp³-hybridized carbons (Fsp3) is 0.524. The maximum absolute atomic E-state index is 13.7. The van der Waals surface area contributed by atoms with Crippen LogP contribution in [0.25, 0.3) is 5.52 Å². The number of rotatable bonds is 3. The second kappa shape index (κ2) is 7.61. The van der Waals surface area contributed by atoms with Crippen molar-refractivity contribution in [1.82, 2.24) is 24.3 Å². The summed E-state index contributed by atoms with van der Waals surface area (Å²) in [6.45, 7) is 0.570. The van der Waals surface area contributed by atoms with Gasteiger partial charge in [-0.1, -0.05) is 11.6 Å². The van der Waals surface area contributed by atoms with E-state index in [2.05, 4.69) is 5.10 Å². The molecule has 2 aliphatic heterocycles. The Balaban J connectivity index is 1.42. The van der Waals surface area contributed by atoms with E-state index < -0.39 is 17.8 Å². The Hall–Kier alpha value is -2.82. The van der Waals surface area contributed by atoms with Crippen LogP contribution in [-0.2, 0) is 15.8 Å². The smallest absolute Gasteiger partial charge is 0.344 e. The molecule has 2 aromatic heterocycles. The Bertz CT molecular complexity index is 1180. The summed E-state index contributed by atoms with van der Waals surface area (Å²) in [5.74, 6) is -1.02. The number of likely N-dealkylation sites (N-methyl/N-ethyl adjacent to an activating group) is 1. The van der Waals surface area contributed by atoms with Gasteiger partial charge in [-0.15, -0.1) is 0 Å². The largest absolute Gasteiger partial charge is 0.433 e. The Morgan fingerprint density at radius 2 is 1.88 bits per heavy atom. The molecule has 0 aromatic carbocycles. The summed E-state index contributed by atoms with van der Waals surface area (Å²) in [5.41, 5.74) is -0.754. The first-order valence-electron chi connectivity index (χ1n) is 10.7. The maximum atomic E-state index is 13.7. The number of hydrogen-bond acceptors (Lipinski definition) is 4. The Morgan fingerprint density at radius 1 is 1.15 bits per heavy atom. The molecule has 12 heteroatoms. The van der Waals surface area contributed by atoms with Gasteiger partial charge in [-0.05, 0) is 36.5 Å². The van der Waals surface area contributed by atoms with Gasteiger partial charge in [0.1, 0.15) is 12.2 Å². The number of piperazine rings is 1. The third kappa shape index (κ3) is 3.81. The van der Waals surface area contributed by atoms with Gasteiger partial charge in [0.15, 0.2) is 5.69 Å². The topological polar surface area (TPSA) is 78.2 Å². The van der Waals surface area contributed by atoms with Crippen LogP contribution in [0.2, 0.25) is 5.02 Å². The molecule has 2 saturated heterocycles. The Kier molecular flexibility index (Phi) is 5.07. The number of pyridine rings is 1. The summed E-state index contributed by atoms with van der Waals surface area (Å²) in [5, 5.41) is 3.75. The number of carbonyl (C=O) groups is 3. The molecule has 3 fully saturated rings. The molecule has 5 rings (SSSR count). The van der Waals surface area contributed by atoms with Crippen molar-refractivity contribution in [3.63, 3.8) is 0 Å². The highest BCUT2D eigenvalue weighted by atomic mass is 35.5. The van der Waals surface area contributed by atoms with Crippen LogP contribution in [0.15, 0.2) is 12.1 Å². The molecule has 1 unspecified atom stereocenters. The molecule has 0 bridgehead atoms. The lowest BCUT2D eigenvalue weighted by molar-refractivity contribution is -0.142. The second-order valence-corrected chi connectivity index (χ2v) is 9.23. The lowest BCUT2D eigenvalue weighted by atomic mass is 10.1. The zero-order valence-corrected chi connectivity index (χ0v) is 18.5. The number of carbonyl (C=O) groups excluding carboxylic acids is 3. The summed E-state index contributed by atoms with van der Waals surface area (Å²) in [7, 11) is 1.67. The van der Waals surface area contributed by atoms with Crippen molar-refractivity contribution in [3.05, 3.63) is 34.1 Å². The molecule has 33 heavy (non-hydrogen) atoms. The lowest BCUT2D eigenvalue weighted by Gasteiger charge is -2.37. The first-order chi connectivity index (χ1) is 15.5. The summed E-state index contributed by atoms with van der Waals surface area (Å²) in [4.78, 5) is 42.0. The van der Waals surface area contributed by atoms with Crippen LogP contribution in [0.5, 0.6) is 0 Å². The molecule has 0 N–H and O–H groups in total. The van der Waals surface area contributed by atoms with E-state index in [0.29, 0.717) is 16.6 Å². The molecule has 0 radical (unpaired) electrons. The van der Waals surface area contributed by atoms with Gasteiger partial charge in [0, 0.05) is 33.1 Å². The van der Waals surface area contributed by atoms with Crippen LogP contribution in [0, 0.1) is 0 Å². The van der Waals surface area contributed by atoms with E-state index in [4.69, 9.17) is 11.6 Å². The molecule has 3 aliphatic rings. The SMILES string of the molecule is CN1CC(N2CCN(C(=O)c3nn4c(C(F)(F)F)cc(C5CC5)cc4c3Cl)CC2=O)CC1=O. The first-order valence-corrected chi connectivity index (χ1v) is 11.0. The number of halogens is 4. The molecule has 1 atom stereocenters. The minimum atomic E-state index is -4.67. The van der Waals surface area contributed by atoms with Gasteiger partial charge in [0.25, 0.3) is 5.91 Å². The number of aromatic nitrogens is 2. The van der Waals surface area contributed by atoms with Crippen LogP contribution in [0.3, 0.4) is 0 Å². The van der Waals surface area contributed by atoms with Gasteiger partial charge < -0.3 is 14.7 Å². The molecular formula is C21H21ClF3N5O3. The van der Waals surface area contributed by atoms with E-state index in [0.717, 1.165) is 18.9 Å². The predicted octanol–water partition coefficient (Wildman–Crippen LogP) is 2.40. The van der Waals surface area contributed by atoms with E-state index in [1.165, 1.54) is 4.90 Å². The van der Waals surface area contributed by atoms with E-state index in [9.17, 15) is 27.6 Å². The standard InChI is InChI=1S/C21H21ClF3N5O3/c1-27-9-13(8-16(27)31)29-5-4-28(10-17(29)32)20(33)19-18(22)14-6-12(11-2-3-11)7-15(21(23,24)25)30(14)26-19/h6-7,11,13H,2-5,8-10H2,1H3. The molecule has 1 aliphatic carbocycles. The van der Waals surface area contributed by atoms with Gasteiger partial charge in [-0.2, -0.15) is 18.3 Å². The number of nitrogens with zero attached hydrogens (tertiary/aromatic N) is 5. The highest BCUT2D eigenvalue weighted by Gasteiger charge is 2.40. The first kappa shape index (κ1) is 22.0. The second-order valence-electron chi connectivity index (χ2n) is 8.85. The summed E-state index contributed by atoms with van der Waals surface area (Å²) in [6, 6.07) is 2.36. The van der Waals surface area contributed by atoms with Gasteiger partial charge in [-0.25, -0.2) is 4.52 Å². The number of fused-ring (bicyclic) bond motifs is 1. The average Bonchev–Trinajstić information content (AvgIpc) is 3.48. The minimum Gasteiger partial charge on any atom is -0.344 e. The van der Waals surface area contributed by atoms with Crippen LogP contribution >= 0.6 is 11.6 Å². The Morgan fingerprint density at radius 3 is 2.45 bits per heavy atom. The third-order valence-corrected chi connectivity index (χ3v) is 6.92. The zero-order valence-electron chi connectivity index (χ0n) is 17.7. The summed E-state index contributed by atoms with van der Waals surface area (Å²) in [6.07, 6.45) is -2.83. The molecular weight excluding hydrogens is 463 g/mol. The highest BCUT2D eigenvalue weighted by molar-refractivity contribution is 6.36. The van der Waals surface area contributed by atoms with Crippen molar-refractivity contribution in [2.24, 2.45) is 0 Å². The molecule has 8 nitrogen and oxygen atoms in total.